The van der Waals surface area contributed by atoms with Crippen molar-refractivity contribution in [2.24, 2.45) is 0 Å². The van der Waals surface area contributed by atoms with Crippen LogP contribution in [0.2, 0.25) is 0 Å². The quantitative estimate of drug-likeness (QED) is 0.480. The Hall–Kier alpha value is -3.41. The standard InChI is InChI=1S/C22H20FN5O4S/c1-32-17-8-9-27(12-17)33(30,31)18-5-3-16(4-6-18)28-13-21(25-26-28)19-11-14-10-15(23)2-7-20(14)24-22(19)29/h2-7,10-11,13,17H,8-9,12H2,1H3,(H,24,29)/t17-/m0/s1. The molecule has 2 aromatic carbocycles. The Morgan fingerprint density at radius 2 is 1.94 bits per heavy atom. The maximum atomic E-state index is 13.6. The number of methoxy groups -OCH3 is 1. The first-order valence-electron chi connectivity index (χ1n) is 10.2. The van der Waals surface area contributed by atoms with Crippen molar-refractivity contribution < 1.29 is 17.5 Å². The SMILES string of the molecule is CO[C@H]1CCN(S(=O)(=O)c2ccc(-n3cc(-c4cc5cc(F)ccc5[nH]c4=O)nn3)cc2)C1. The minimum atomic E-state index is -3.62. The molecule has 11 heteroatoms. The van der Waals surface area contributed by atoms with Crippen molar-refractivity contribution >= 4 is 20.9 Å². The molecule has 0 bridgehead atoms. The minimum absolute atomic E-state index is 0.0950. The van der Waals surface area contributed by atoms with Gasteiger partial charge in [0.2, 0.25) is 10.0 Å². The fourth-order valence-electron chi connectivity index (χ4n) is 3.91. The van der Waals surface area contributed by atoms with Gasteiger partial charge in [-0.15, -0.1) is 5.10 Å². The number of halogens is 1. The summed E-state index contributed by atoms with van der Waals surface area (Å²) in [6, 6.07) is 11.9. The van der Waals surface area contributed by atoms with Gasteiger partial charge in [-0.3, -0.25) is 4.79 Å². The number of aromatic nitrogens is 4. The highest BCUT2D eigenvalue weighted by Gasteiger charge is 2.32. The normalized spacial score (nSPS) is 17.1. The topological polar surface area (TPSA) is 110 Å². The molecule has 1 aliphatic rings. The van der Waals surface area contributed by atoms with Crippen molar-refractivity contribution in [3.8, 4) is 16.9 Å². The molecular formula is C22H20FN5O4S. The molecule has 1 N–H and O–H groups in total. The molecule has 33 heavy (non-hydrogen) atoms. The second kappa shape index (κ2) is 8.18. The van der Waals surface area contributed by atoms with E-state index in [1.54, 1.807) is 31.5 Å². The van der Waals surface area contributed by atoms with E-state index in [1.807, 2.05) is 0 Å². The number of rotatable bonds is 5. The van der Waals surface area contributed by atoms with Crippen LogP contribution in [0.5, 0.6) is 0 Å². The molecule has 9 nitrogen and oxygen atoms in total. The highest BCUT2D eigenvalue weighted by Crippen LogP contribution is 2.24. The van der Waals surface area contributed by atoms with Gasteiger partial charge in [-0.25, -0.2) is 17.5 Å². The average molecular weight is 469 g/mol. The van der Waals surface area contributed by atoms with Gasteiger partial charge in [0, 0.05) is 31.1 Å². The van der Waals surface area contributed by atoms with Crippen LogP contribution in [0.15, 0.2) is 64.4 Å². The smallest absolute Gasteiger partial charge is 0.258 e. The molecule has 5 rings (SSSR count). The van der Waals surface area contributed by atoms with Gasteiger partial charge in [-0.05, 0) is 55.0 Å². The van der Waals surface area contributed by atoms with Crippen LogP contribution in [0.3, 0.4) is 0 Å². The first-order chi connectivity index (χ1) is 15.8. The van der Waals surface area contributed by atoms with Crippen molar-refractivity contribution in [2.45, 2.75) is 17.4 Å². The average Bonchev–Trinajstić information content (AvgIpc) is 3.49. The molecule has 1 fully saturated rings. The maximum absolute atomic E-state index is 13.6. The Balaban J connectivity index is 1.42. The third-order valence-corrected chi connectivity index (χ3v) is 7.64. The zero-order chi connectivity index (χ0) is 23.2. The first kappa shape index (κ1) is 21.4. The Bertz CT molecular complexity index is 1500. The zero-order valence-electron chi connectivity index (χ0n) is 17.6. The summed E-state index contributed by atoms with van der Waals surface area (Å²) >= 11 is 0. The number of hydrogen-bond acceptors (Lipinski definition) is 6. The molecule has 0 aliphatic carbocycles. The number of ether oxygens (including phenoxy) is 1. The number of pyridine rings is 1. The summed E-state index contributed by atoms with van der Waals surface area (Å²) in [5.74, 6) is -0.411. The fourth-order valence-corrected chi connectivity index (χ4v) is 5.40. The van der Waals surface area contributed by atoms with Crippen LogP contribution in [-0.4, -0.2) is 59.0 Å². The van der Waals surface area contributed by atoms with Gasteiger partial charge in [0.05, 0.1) is 28.4 Å². The summed E-state index contributed by atoms with van der Waals surface area (Å²) in [5, 5.41) is 8.65. The number of nitrogens with one attached hydrogen (secondary N) is 1. The summed E-state index contributed by atoms with van der Waals surface area (Å²) in [5.41, 5.74) is 1.28. The molecule has 1 saturated heterocycles. The van der Waals surface area contributed by atoms with E-state index in [0.29, 0.717) is 41.8 Å². The van der Waals surface area contributed by atoms with Gasteiger partial charge in [0.25, 0.3) is 5.56 Å². The van der Waals surface area contributed by atoms with E-state index in [4.69, 9.17) is 4.74 Å². The van der Waals surface area contributed by atoms with E-state index in [-0.39, 0.29) is 22.1 Å². The minimum Gasteiger partial charge on any atom is -0.380 e. The summed E-state index contributed by atoms with van der Waals surface area (Å²) < 4.78 is 47.4. The summed E-state index contributed by atoms with van der Waals surface area (Å²) in [6.07, 6.45) is 2.13. The lowest BCUT2D eigenvalue weighted by Crippen LogP contribution is -2.30. The largest absolute Gasteiger partial charge is 0.380 e. The third kappa shape index (κ3) is 3.94. The van der Waals surface area contributed by atoms with Gasteiger partial charge in [-0.2, -0.15) is 4.31 Å². The number of hydrogen-bond donors (Lipinski definition) is 1. The van der Waals surface area contributed by atoms with Gasteiger partial charge in [0.1, 0.15) is 11.5 Å². The number of nitrogens with zero attached hydrogens (tertiary/aromatic N) is 4. The molecular weight excluding hydrogens is 449 g/mol. The first-order valence-corrected chi connectivity index (χ1v) is 11.7. The van der Waals surface area contributed by atoms with Gasteiger partial charge >= 0.3 is 0 Å². The van der Waals surface area contributed by atoms with E-state index in [9.17, 15) is 17.6 Å². The molecule has 3 heterocycles. The Labute approximate surface area is 188 Å². The van der Waals surface area contributed by atoms with E-state index in [0.717, 1.165) is 0 Å². The van der Waals surface area contributed by atoms with Crippen LogP contribution in [0.25, 0.3) is 27.8 Å². The van der Waals surface area contributed by atoms with Crippen molar-refractivity contribution in [1.29, 1.82) is 0 Å². The molecule has 0 saturated carbocycles. The van der Waals surface area contributed by atoms with Crippen LogP contribution in [0, 0.1) is 5.82 Å². The molecule has 0 spiro atoms. The summed E-state index contributed by atoms with van der Waals surface area (Å²) in [7, 11) is -2.04. The third-order valence-electron chi connectivity index (χ3n) is 5.76. The van der Waals surface area contributed by atoms with Crippen LogP contribution in [0.4, 0.5) is 4.39 Å². The monoisotopic (exact) mass is 469 g/mol. The molecule has 170 valence electrons. The van der Waals surface area contributed by atoms with Gasteiger partial charge < -0.3 is 9.72 Å². The summed E-state index contributed by atoms with van der Waals surface area (Å²) in [4.78, 5) is 15.4. The molecule has 4 aromatic rings. The van der Waals surface area contributed by atoms with E-state index < -0.39 is 15.8 Å². The van der Waals surface area contributed by atoms with E-state index in [1.165, 1.54) is 39.3 Å². The Kier molecular flexibility index (Phi) is 5.31. The molecule has 0 amide bonds. The van der Waals surface area contributed by atoms with Crippen LogP contribution in [0.1, 0.15) is 6.42 Å². The van der Waals surface area contributed by atoms with Crippen molar-refractivity contribution in [1.82, 2.24) is 24.3 Å². The highest BCUT2D eigenvalue weighted by molar-refractivity contribution is 7.89. The lowest BCUT2D eigenvalue weighted by molar-refractivity contribution is 0.115. The number of sulfonamides is 1. The Morgan fingerprint density at radius 3 is 2.67 bits per heavy atom. The van der Waals surface area contributed by atoms with E-state index in [2.05, 4.69) is 15.3 Å². The highest BCUT2D eigenvalue weighted by atomic mass is 32.2. The molecule has 0 radical (unpaired) electrons. The summed E-state index contributed by atoms with van der Waals surface area (Å²) in [6.45, 7) is 0.746. The van der Waals surface area contributed by atoms with E-state index >= 15 is 0 Å². The molecule has 1 aliphatic heterocycles. The van der Waals surface area contributed by atoms with Crippen LogP contribution < -0.4 is 5.56 Å². The maximum Gasteiger partial charge on any atom is 0.258 e. The number of benzene rings is 2. The lowest BCUT2D eigenvalue weighted by Gasteiger charge is -2.16. The van der Waals surface area contributed by atoms with Gasteiger partial charge in [0.15, 0.2) is 0 Å². The van der Waals surface area contributed by atoms with Crippen LogP contribution >= 0.6 is 0 Å². The zero-order valence-corrected chi connectivity index (χ0v) is 18.4. The number of fused-ring (bicyclic) bond motifs is 1. The Morgan fingerprint density at radius 1 is 1.15 bits per heavy atom. The predicted molar refractivity (Wildman–Crippen MR) is 119 cm³/mol. The number of aromatic amines is 1. The van der Waals surface area contributed by atoms with Gasteiger partial charge in [-0.1, -0.05) is 5.21 Å². The second-order valence-electron chi connectivity index (χ2n) is 7.80. The molecule has 0 unspecified atom stereocenters. The molecule has 2 aromatic heterocycles. The lowest BCUT2D eigenvalue weighted by atomic mass is 10.1. The van der Waals surface area contributed by atoms with Crippen molar-refractivity contribution in [3.05, 3.63) is 70.9 Å². The van der Waals surface area contributed by atoms with Crippen LogP contribution in [-0.2, 0) is 14.8 Å². The fraction of sp³-hybridized carbons (Fsp3) is 0.227. The predicted octanol–water partition coefficient (Wildman–Crippen LogP) is 2.32. The van der Waals surface area contributed by atoms with Crippen molar-refractivity contribution in [3.63, 3.8) is 0 Å². The van der Waals surface area contributed by atoms with Crippen molar-refractivity contribution in [2.75, 3.05) is 20.2 Å². The number of H-pyrrole nitrogens is 1. The second-order valence-corrected chi connectivity index (χ2v) is 9.73. The molecule has 1 atom stereocenters.